The van der Waals surface area contributed by atoms with Gasteiger partial charge in [-0.05, 0) is 44.6 Å². The number of hydrogen-bond donors (Lipinski definition) is 0. The van der Waals surface area contributed by atoms with Crippen molar-refractivity contribution in [2.75, 3.05) is 20.1 Å². The summed E-state index contributed by atoms with van der Waals surface area (Å²) >= 11 is 0. The average molecular weight is 301 g/mol. The highest BCUT2D eigenvalue weighted by Gasteiger charge is 2.24. The summed E-state index contributed by atoms with van der Waals surface area (Å²) in [6, 6.07) is 4.65. The van der Waals surface area contributed by atoms with Crippen molar-refractivity contribution in [3.05, 3.63) is 41.9 Å². The van der Waals surface area contributed by atoms with Gasteiger partial charge in [-0.25, -0.2) is 0 Å². The Balaban J connectivity index is 1.72. The Bertz CT molecular complexity index is 577. The van der Waals surface area contributed by atoms with E-state index in [1.807, 2.05) is 25.4 Å². The molecule has 2 aromatic rings. The van der Waals surface area contributed by atoms with Crippen LogP contribution in [0.25, 0.3) is 0 Å². The van der Waals surface area contributed by atoms with Crippen LogP contribution >= 0.6 is 0 Å². The summed E-state index contributed by atoms with van der Waals surface area (Å²) in [6.07, 6.45) is 6.08. The molecule has 0 aromatic carbocycles. The molecule has 118 valence electrons. The predicted molar refractivity (Wildman–Crippen MR) is 83.0 cm³/mol. The molecule has 2 aromatic heterocycles. The molecule has 6 nitrogen and oxygen atoms in total. The lowest BCUT2D eigenvalue weighted by atomic mass is 10.0. The molecule has 1 fully saturated rings. The lowest BCUT2D eigenvalue weighted by Gasteiger charge is -2.36. The normalized spacial score (nSPS) is 17.2. The summed E-state index contributed by atoms with van der Waals surface area (Å²) in [5, 5.41) is 8.09. The van der Waals surface area contributed by atoms with Crippen LogP contribution in [0.5, 0.6) is 0 Å². The molecular formula is C16H23N5O. The summed E-state index contributed by atoms with van der Waals surface area (Å²) in [5.74, 6) is 1.32. The number of nitrogens with zero attached hydrogens (tertiary/aromatic N) is 5. The fourth-order valence-corrected chi connectivity index (χ4v) is 2.98. The number of piperidine rings is 1. The van der Waals surface area contributed by atoms with Crippen LogP contribution in [0.3, 0.4) is 0 Å². The van der Waals surface area contributed by atoms with E-state index in [0.717, 1.165) is 19.6 Å². The topological polar surface area (TPSA) is 58.3 Å². The van der Waals surface area contributed by atoms with E-state index in [-0.39, 0.29) is 0 Å². The van der Waals surface area contributed by atoms with E-state index in [1.54, 1.807) is 0 Å². The zero-order valence-corrected chi connectivity index (χ0v) is 13.3. The summed E-state index contributed by atoms with van der Waals surface area (Å²) < 4.78 is 5.57. The van der Waals surface area contributed by atoms with Crippen LogP contribution in [0, 0.1) is 6.92 Å². The zero-order valence-electron chi connectivity index (χ0n) is 13.3. The Morgan fingerprint density at radius 3 is 2.73 bits per heavy atom. The second-order valence-corrected chi connectivity index (χ2v) is 6.02. The summed E-state index contributed by atoms with van der Waals surface area (Å²) in [6.45, 7) is 5.67. The number of aromatic nitrogens is 3. The molecule has 0 N–H and O–H groups in total. The number of likely N-dealkylation sites (tertiary alicyclic amines) is 1. The first-order chi connectivity index (χ1) is 10.7. The van der Waals surface area contributed by atoms with Gasteiger partial charge in [0.25, 0.3) is 0 Å². The van der Waals surface area contributed by atoms with Crippen molar-refractivity contribution < 1.29 is 4.42 Å². The molecule has 0 saturated carbocycles. The molecular weight excluding hydrogens is 278 g/mol. The van der Waals surface area contributed by atoms with Crippen LogP contribution < -0.4 is 0 Å². The van der Waals surface area contributed by atoms with Gasteiger partial charge in [0.15, 0.2) is 0 Å². The lowest BCUT2D eigenvalue weighted by molar-refractivity contribution is 0.0990. The van der Waals surface area contributed by atoms with Crippen LogP contribution in [0.1, 0.15) is 30.2 Å². The van der Waals surface area contributed by atoms with E-state index in [2.05, 4.69) is 38.1 Å². The first-order valence-electron chi connectivity index (χ1n) is 7.81. The monoisotopic (exact) mass is 301 g/mol. The van der Waals surface area contributed by atoms with E-state index in [1.165, 1.54) is 18.4 Å². The second kappa shape index (κ2) is 6.98. The standard InChI is InChI=1S/C16H23N5O/c1-13-18-19-16(22-13)12-21(11-14-4-3-7-17-10-14)15-5-8-20(2)9-6-15/h3-4,7,10,15H,5-6,8-9,11-12H2,1-2H3. The largest absolute Gasteiger partial charge is 0.424 e. The van der Waals surface area contributed by atoms with E-state index in [4.69, 9.17) is 4.42 Å². The minimum Gasteiger partial charge on any atom is -0.424 e. The molecule has 3 rings (SSSR count). The number of pyridine rings is 1. The van der Waals surface area contributed by atoms with Crippen LogP contribution in [-0.4, -0.2) is 51.2 Å². The van der Waals surface area contributed by atoms with Crippen molar-refractivity contribution in [1.29, 1.82) is 0 Å². The van der Waals surface area contributed by atoms with Crippen molar-refractivity contribution in [2.24, 2.45) is 0 Å². The van der Waals surface area contributed by atoms with Crippen LogP contribution in [-0.2, 0) is 13.1 Å². The Kier molecular flexibility index (Phi) is 4.80. The quantitative estimate of drug-likeness (QED) is 0.840. The van der Waals surface area contributed by atoms with Gasteiger partial charge >= 0.3 is 0 Å². The third kappa shape index (κ3) is 3.90. The molecule has 1 aliphatic rings. The SMILES string of the molecule is Cc1nnc(CN(Cc2cccnc2)C2CCN(C)CC2)o1. The van der Waals surface area contributed by atoms with Crippen molar-refractivity contribution in [3.63, 3.8) is 0 Å². The van der Waals surface area contributed by atoms with Gasteiger partial charge in [-0.15, -0.1) is 10.2 Å². The molecule has 22 heavy (non-hydrogen) atoms. The van der Waals surface area contributed by atoms with E-state index in [0.29, 0.717) is 24.4 Å². The van der Waals surface area contributed by atoms with Gasteiger partial charge < -0.3 is 9.32 Å². The predicted octanol–water partition coefficient (Wildman–Crippen LogP) is 1.87. The van der Waals surface area contributed by atoms with Crippen molar-refractivity contribution in [3.8, 4) is 0 Å². The first kappa shape index (κ1) is 15.1. The highest BCUT2D eigenvalue weighted by molar-refractivity contribution is 5.08. The fourth-order valence-electron chi connectivity index (χ4n) is 2.98. The molecule has 6 heteroatoms. The molecule has 0 unspecified atom stereocenters. The third-order valence-corrected chi connectivity index (χ3v) is 4.22. The summed E-state index contributed by atoms with van der Waals surface area (Å²) in [7, 11) is 2.18. The van der Waals surface area contributed by atoms with Crippen molar-refractivity contribution in [1.82, 2.24) is 25.0 Å². The molecule has 1 aliphatic heterocycles. The van der Waals surface area contributed by atoms with E-state index < -0.39 is 0 Å². The molecule has 0 atom stereocenters. The van der Waals surface area contributed by atoms with E-state index in [9.17, 15) is 0 Å². The Morgan fingerprint density at radius 1 is 1.27 bits per heavy atom. The maximum atomic E-state index is 5.57. The molecule has 1 saturated heterocycles. The molecule has 3 heterocycles. The van der Waals surface area contributed by atoms with Crippen molar-refractivity contribution >= 4 is 0 Å². The summed E-state index contributed by atoms with van der Waals surface area (Å²) in [5.41, 5.74) is 1.22. The fraction of sp³-hybridized carbons (Fsp3) is 0.562. The van der Waals surface area contributed by atoms with Gasteiger partial charge in [-0.2, -0.15) is 0 Å². The van der Waals surface area contributed by atoms with Crippen LogP contribution in [0.4, 0.5) is 0 Å². The highest BCUT2D eigenvalue weighted by atomic mass is 16.4. The van der Waals surface area contributed by atoms with Gasteiger partial charge in [-0.3, -0.25) is 9.88 Å². The van der Waals surface area contributed by atoms with Gasteiger partial charge in [0.05, 0.1) is 6.54 Å². The molecule has 0 amide bonds. The lowest BCUT2D eigenvalue weighted by Crippen LogP contribution is -2.43. The van der Waals surface area contributed by atoms with Crippen molar-refractivity contribution in [2.45, 2.75) is 38.9 Å². The highest BCUT2D eigenvalue weighted by Crippen LogP contribution is 2.20. The Hall–Kier alpha value is -1.79. The van der Waals surface area contributed by atoms with Gasteiger partial charge in [-0.1, -0.05) is 6.07 Å². The number of aryl methyl sites for hydroxylation is 1. The zero-order chi connectivity index (χ0) is 15.4. The van der Waals surface area contributed by atoms with Gasteiger partial charge in [0, 0.05) is 31.9 Å². The molecule has 0 radical (unpaired) electrons. The first-order valence-corrected chi connectivity index (χ1v) is 7.81. The number of hydrogen-bond acceptors (Lipinski definition) is 6. The molecule has 0 spiro atoms. The molecule has 0 bridgehead atoms. The number of rotatable bonds is 5. The third-order valence-electron chi connectivity index (χ3n) is 4.22. The minimum atomic E-state index is 0.545. The maximum Gasteiger partial charge on any atom is 0.230 e. The Labute approximate surface area is 131 Å². The Morgan fingerprint density at radius 2 is 2.09 bits per heavy atom. The second-order valence-electron chi connectivity index (χ2n) is 6.02. The summed E-state index contributed by atoms with van der Waals surface area (Å²) in [4.78, 5) is 9.05. The van der Waals surface area contributed by atoms with Gasteiger partial charge in [0.2, 0.25) is 11.8 Å². The van der Waals surface area contributed by atoms with Gasteiger partial charge in [0.1, 0.15) is 0 Å². The average Bonchev–Trinajstić information content (AvgIpc) is 2.94. The smallest absolute Gasteiger partial charge is 0.230 e. The maximum absolute atomic E-state index is 5.57. The van der Waals surface area contributed by atoms with Crippen LogP contribution in [0.2, 0.25) is 0 Å². The van der Waals surface area contributed by atoms with E-state index >= 15 is 0 Å². The molecule has 0 aliphatic carbocycles. The minimum absolute atomic E-state index is 0.545. The van der Waals surface area contributed by atoms with Crippen LogP contribution in [0.15, 0.2) is 28.9 Å².